The van der Waals surface area contributed by atoms with E-state index in [1.54, 1.807) is 48.5 Å². The Balaban J connectivity index is 1.09. The molecule has 10 rings (SSSR count). The summed E-state index contributed by atoms with van der Waals surface area (Å²) in [6.45, 7) is 2.74. The van der Waals surface area contributed by atoms with Gasteiger partial charge >= 0.3 is 6.18 Å². The van der Waals surface area contributed by atoms with E-state index in [4.69, 9.17) is 32.7 Å². The van der Waals surface area contributed by atoms with Gasteiger partial charge in [-0.3, -0.25) is 29.5 Å². The molecule has 4 fully saturated rings. The van der Waals surface area contributed by atoms with E-state index in [-0.39, 0.29) is 36.6 Å². The molecule has 4 aromatic carbocycles. The molecule has 1 aromatic heterocycles. The number of rotatable bonds is 9. The van der Waals surface area contributed by atoms with E-state index in [1.165, 1.54) is 11.0 Å². The number of carbonyl (C=O) groups is 4. The predicted molar refractivity (Wildman–Crippen MR) is 238 cm³/mol. The number of pyridine rings is 1. The molecule has 3 aliphatic heterocycles. The van der Waals surface area contributed by atoms with Crippen LogP contribution >= 0.6 is 23.2 Å². The number of amides is 4. The third-order valence-corrected chi connectivity index (χ3v) is 14.1. The van der Waals surface area contributed by atoms with Gasteiger partial charge in [0.1, 0.15) is 18.1 Å². The lowest BCUT2D eigenvalue weighted by Gasteiger charge is -2.50. The lowest BCUT2D eigenvalue weighted by Crippen LogP contribution is -2.53. The number of anilines is 3. The first-order valence-corrected chi connectivity index (χ1v) is 22.1. The fourth-order valence-electron chi connectivity index (χ4n) is 10.6. The first-order valence-electron chi connectivity index (χ1n) is 21.4. The number of hydrogen-bond donors (Lipinski definition) is 2. The number of hydrazine groups is 1. The number of ether oxygens (including phenoxy) is 2. The molecule has 4 amide bonds. The number of nitrogens with zero attached hydrogens (tertiary/aromatic N) is 4. The average Bonchev–Trinajstić information content (AvgIpc) is 3.70. The highest BCUT2D eigenvalue weighted by Gasteiger charge is 2.71. The summed E-state index contributed by atoms with van der Waals surface area (Å²) in [5.74, 6) is -7.74. The van der Waals surface area contributed by atoms with Gasteiger partial charge in [-0.25, -0.2) is 4.98 Å². The van der Waals surface area contributed by atoms with Crippen LogP contribution in [0.15, 0.2) is 121 Å². The molecule has 3 saturated heterocycles. The number of phenolic OH excluding ortho intramolecular Hbond substituents is 1. The van der Waals surface area contributed by atoms with Crippen LogP contribution in [0.5, 0.6) is 11.5 Å². The van der Waals surface area contributed by atoms with E-state index in [0.717, 1.165) is 11.3 Å². The van der Waals surface area contributed by atoms with Crippen molar-refractivity contribution in [3.05, 3.63) is 153 Å². The Morgan fingerprint density at radius 2 is 1.56 bits per heavy atom. The number of allylic oxidation sites excluding steroid dienone is 2. The number of alkyl halides is 3. The zero-order valence-electron chi connectivity index (χ0n) is 34.9. The molecule has 12 nitrogen and oxygen atoms in total. The molecule has 338 valence electrons. The number of phenols is 1. The summed E-state index contributed by atoms with van der Waals surface area (Å²) >= 11 is 12.7. The molecule has 0 unspecified atom stereocenters. The summed E-state index contributed by atoms with van der Waals surface area (Å²) in [5.41, 5.74) is 2.98. The summed E-state index contributed by atoms with van der Waals surface area (Å²) < 4.78 is 52.5. The molecule has 4 heterocycles. The SMILES string of the molecule is O=C1[C@@H]2C[C@@H]3C(=CC[C@@H]4C(=O)N(c5ccc(N6CCOCC6)cc5)C(=O)[C@@H]43)[C@H](c3ccc(OCc4ccccc4)cc3O)[C@]2(c2ccc(Cl)cc2)C(=O)N1Nc1ncc(C(F)(F)F)cc1Cl. The minimum Gasteiger partial charge on any atom is -0.508 e. The van der Waals surface area contributed by atoms with E-state index in [2.05, 4.69) is 15.3 Å². The van der Waals surface area contributed by atoms with Crippen molar-refractivity contribution in [2.75, 3.05) is 41.5 Å². The molecular weight excluding hydrogens is 898 g/mol. The van der Waals surface area contributed by atoms with Crippen molar-refractivity contribution in [3.63, 3.8) is 0 Å². The normalized spacial score (nSPS) is 25.1. The van der Waals surface area contributed by atoms with Gasteiger partial charge in [-0.05, 0) is 78.4 Å². The van der Waals surface area contributed by atoms with Gasteiger partial charge in [-0.15, -0.1) is 0 Å². The van der Waals surface area contributed by atoms with Crippen LogP contribution < -0.4 is 20.0 Å². The molecule has 6 atom stereocenters. The van der Waals surface area contributed by atoms with Crippen LogP contribution in [-0.4, -0.2) is 65.0 Å². The van der Waals surface area contributed by atoms with Crippen LogP contribution in [0, 0.1) is 23.7 Å². The molecule has 66 heavy (non-hydrogen) atoms. The summed E-state index contributed by atoms with van der Waals surface area (Å²) in [5, 5.41) is 12.7. The Kier molecular flexibility index (Phi) is 11.1. The molecular formula is C49H40Cl2F3N5O7. The number of carbonyl (C=O) groups excluding carboxylic acids is 4. The first kappa shape index (κ1) is 43.5. The van der Waals surface area contributed by atoms with Gasteiger partial charge in [0, 0.05) is 47.5 Å². The predicted octanol–water partition coefficient (Wildman–Crippen LogP) is 8.72. The van der Waals surface area contributed by atoms with Gasteiger partial charge in [0.2, 0.25) is 11.8 Å². The molecule has 0 radical (unpaired) electrons. The highest BCUT2D eigenvalue weighted by molar-refractivity contribution is 6.33. The number of aromatic nitrogens is 1. The highest BCUT2D eigenvalue weighted by atomic mass is 35.5. The van der Waals surface area contributed by atoms with E-state index < -0.39 is 75.4 Å². The Morgan fingerprint density at radius 1 is 0.848 bits per heavy atom. The quantitative estimate of drug-likeness (QED) is 0.109. The number of hydrogen-bond acceptors (Lipinski definition) is 10. The van der Waals surface area contributed by atoms with Crippen molar-refractivity contribution >= 4 is 64.0 Å². The number of morpholine rings is 1. The number of fused-ring (bicyclic) bond motifs is 4. The number of aromatic hydroxyl groups is 1. The molecule has 17 heteroatoms. The Labute approximate surface area is 386 Å². The summed E-state index contributed by atoms with van der Waals surface area (Å²) in [6.07, 6.45) is -2.36. The number of benzene rings is 4. The van der Waals surface area contributed by atoms with E-state index in [1.807, 2.05) is 48.5 Å². The van der Waals surface area contributed by atoms with Gasteiger partial charge in [0.05, 0.1) is 52.7 Å². The molecule has 5 aromatic rings. The zero-order valence-corrected chi connectivity index (χ0v) is 36.4. The third kappa shape index (κ3) is 7.24. The van der Waals surface area contributed by atoms with Gasteiger partial charge in [0.15, 0.2) is 5.82 Å². The summed E-state index contributed by atoms with van der Waals surface area (Å²) in [7, 11) is 0. The second kappa shape index (κ2) is 16.8. The molecule has 0 spiro atoms. The fourth-order valence-corrected chi connectivity index (χ4v) is 10.9. The maximum absolute atomic E-state index is 15.6. The van der Waals surface area contributed by atoms with Crippen LogP contribution in [-0.2, 0) is 42.1 Å². The second-order valence-corrected chi connectivity index (χ2v) is 17.9. The number of imide groups is 2. The van der Waals surface area contributed by atoms with Gasteiger partial charge in [-0.1, -0.05) is 83.4 Å². The van der Waals surface area contributed by atoms with Gasteiger partial charge < -0.3 is 19.5 Å². The standard InChI is InChI=1S/C49H40Cl2F3N5O7/c50-30-8-6-28(7-9-30)48-38(45(62)59(47(48)64)56-43-39(51)22-29(25-55-43)49(52,53)54)24-37-34(42(48)35-15-14-33(23-40(35)60)66-26-27-4-2-1-3-5-27)16-17-36-41(37)46(63)58(44(36)61)32-12-10-31(11-13-32)57-18-20-65-21-19-57/h1-16,22-23,25,36-38,41-42,60H,17-21,24,26H2,(H,55,56)/t36-,37+,38-,41-,42+,48+/m0/s1. The Bertz CT molecular complexity index is 2790. The van der Waals surface area contributed by atoms with Crippen molar-refractivity contribution in [3.8, 4) is 11.5 Å². The Morgan fingerprint density at radius 3 is 2.24 bits per heavy atom. The minimum absolute atomic E-state index is 0.0923. The molecule has 0 bridgehead atoms. The lowest BCUT2D eigenvalue weighted by molar-refractivity contribution is -0.139. The third-order valence-electron chi connectivity index (χ3n) is 13.6. The van der Waals surface area contributed by atoms with Crippen LogP contribution in [0.2, 0.25) is 10.0 Å². The monoisotopic (exact) mass is 937 g/mol. The smallest absolute Gasteiger partial charge is 0.417 e. The Hall–Kier alpha value is -6.42. The maximum atomic E-state index is 15.6. The van der Waals surface area contributed by atoms with Crippen molar-refractivity contribution < 1.29 is 46.9 Å². The molecule has 2 aliphatic carbocycles. The van der Waals surface area contributed by atoms with E-state index >= 15 is 9.59 Å². The van der Waals surface area contributed by atoms with Crippen molar-refractivity contribution in [2.45, 2.75) is 37.0 Å². The first-order chi connectivity index (χ1) is 31.7. The van der Waals surface area contributed by atoms with E-state index in [9.17, 15) is 27.9 Å². The second-order valence-electron chi connectivity index (χ2n) is 17.0. The van der Waals surface area contributed by atoms with Crippen LogP contribution in [0.4, 0.5) is 30.4 Å². The largest absolute Gasteiger partial charge is 0.508 e. The van der Waals surface area contributed by atoms with Crippen molar-refractivity contribution in [1.82, 2.24) is 9.99 Å². The molecule has 2 N–H and O–H groups in total. The van der Waals surface area contributed by atoms with Gasteiger partial charge in [-0.2, -0.15) is 18.2 Å². The van der Waals surface area contributed by atoms with Gasteiger partial charge in [0.25, 0.3) is 11.8 Å². The average molecular weight is 939 g/mol. The van der Waals surface area contributed by atoms with Crippen molar-refractivity contribution in [2.24, 2.45) is 23.7 Å². The van der Waals surface area contributed by atoms with Crippen LogP contribution in [0.1, 0.15) is 41.0 Å². The molecule has 5 aliphatic rings. The van der Waals surface area contributed by atoms with E-state index in [0.29, 0.717) is 71.2 Å². The zero-order chi connectivity index (χ0) is 46.1. The minimum atomic E-state index is -4.78. The number of halogens is 5. The number of nitrogens with one attached hydrogen (secondary N) is 1. The van der Waals surface area contributed by atoms with Crippen LogP contribution in [0.3, 0.4) is 0 Å². The highest BCUT2D eigenvalue weighted by Crippen LogP contribution is 2.65. The molecule has 1 saturated carbocycles. The van der Waals surface area contributed by atoms with Crippen molar-refractivity contribution in [1.29, 1.82) is 0 Å². The maximum Gasteiger partial charge on any atom is 0.417 e. The lowest BCUT2D eigenvalue weighted by atomic mass is 9.49. The summed E-state index contributed by atoms with van der Waals surface area (Å²) in [6, 6.07) is 28.3. The fraction of sp³-hybridized carbons (Fsp3) is 0.286. The van der Waals surface area contributed by atoms with Crippen LogP contribution in [0.25, 0.3) is 0 Å². The topological polar surface area (TPSA) is 142 Å². The summed E-state index contributed by atoms with van der Waals surface area (Å²) in [4.78, 5) is 67.2.